The number of nitrogens with zero attached hydrogens (tertiary/aromatic N) is 2. The van der Waals surface area contributed by atoms with E-state index in [0.717, 1.165) is 13.1 Å². The second-order valence-corrected chi connectivity index (χ2v) is 5.33. The first-order chi connectivity index (χ1) is 9.33. The molecule has 0 saturated carbocycles. The van der Waals surface area contributed by atoms with E-state index in [-0.39, 0.29) is 0 Å². The fourth-order valence-electron chi connectivity index (χ4n) is 2.81. The number of hydrogen-bond acceptors (Lipinski definition) is 2. The molecule has 0 bridgehead atoms. The van der Waals surface area contributed by atoms with Crippen molar-refractivity contribution in [3.05, 3.63) is 53.3 Å². The van der Waals surface area contributed by atoms with Gasteiger partial charge >= 0.3 is 0 Å². The van der Waals surface area contributed by atoms with Crippen LogP contribution in [0.1, 0.15) is 36.1 Å². The molecule has 1 heterocycles. The molecule has 2 aromatic rings. The highest BCUT2D eigenvalue weighted by Gasteiger charge is 2.13. The van der Waals surface area contributed by atoms with Gasteiger partial charge in [-0.15, -0.1) is 0 Å². The van der Waals surface area contributed by atoms with Gasteiger partial charge in [0.05, 0.1) is 6.54 Å². The van der Waals surface area contributed by atoms with Crippen molar-refractivity contribution in [1.29, 1.82) is 0 Å². The molecule has 1 unspecified atom stereocenters. The minimum atomic E-state index is 0.404. The molecular weight excluding hydrogens is 234 g/mol. The van der Waals surface area contributed by atoms with Gasteiger partial charge in [-0.25, -0.2) is 0 Å². The summed E-state index contributed by atoms with van der Waals surface area (Å²) >= 11 is 0. The van der Waals surface area contributed by atoms with Gasteiger partial charge in [0, 0.05) is 25.0 Å². The van der Waals surface area contributed by atoms with Crippen molar-refractivity contribution in [3.8, 4) is 0 Å². The van der Waals surface area contributed by atoms with Crippen LogP contribution in [0.3, 0.4) is 0 Å². The highest BCUT2D eigenvalue weighted by Crippen LogP contribution is 2.25. The summed E-state index contributed by atoms with van der Waals surface area (Å²) in [6, 6.07) is 9.33. The maximum absolute atomic E-state index is 4.21. The number of nitrogens with one attached hydrogen (secondary N) is 1. The summed E-state index contributed by atoms with van der Waals surface area (Å²) in [4.78, 5) is 0. The Morgan fingerprint density at radius 3 is 3.05 bits per heavy atom. The molecule has 3 rings (SSSR count). The van der Waals surface area contributed by atoms with Crippen molar-refractivity contribution in [2.75, 3.05) is 6.54 Å². The zero-order chi connectivity index (χ0) is 13.1. The highest BCUT2D eigenvalue weighted by atomic mass is 15.3. The lowest BCUT2D eigenvalue weighted by molar-refractivity contribution is 0.507. The lowest BCUT2D eigenvalue weighted by atomic mass is 10.0. The summed E-state index contributed by atoms with van der Waals surface area (Å²) < 4.78 is 1.96. The van der Waals surface area contributed by atoms with Gasteiger partial charge in [-0.1, -0.05) is 18.2 Å². The van der Waals surface area contributed by atoms with E-state index in [4.69, 9.17) is 0 Å². The summed E-state index contributed by atoms with van der Waals surface area (Å²) in [5.74, 6) is 0. The third-order valence-electron chi connectivity index (χ3n) is 3.97. The topological polar surface area (TPSA) is 29.9 Å². The summed E-state index contributed by atoms with van der Waals surface area (Å²) in [6.07, 6.45) is 7.66. The van der Waals surface area contributed by atoms with Crippen molar-refractivity contribution in [2.24, 2.45) is 0 Å². The highest BCUT2D eigenvalue weighted by molar-refractivity contribution is 5.36. The van der Waals surface area contributed by atoms with Crippen LogP contribution in [0, 0.1) is 0 Å². The largest absolute Gasteiger partial charge is 0.308 e. The van der Waals surface area contributed by atoms with Gasteiger partial charge in [0.1, 0.15) is 0 Å². The van der Waals surface area contributed by atoms with Crippen LogP contribution in [0.2, 0.25) is 0 Å². The molecule has 1 aliphatic rings. The van der Waals surface area contributed by atoms with Gasteiger partial charge in [0.25, 0.3) is 0 Å². The molecular formula is C16H21N3. The van der Waals surface area contributed by atoms with E-state index in [1.807, 2.05) is 23.1 Å². The molecule has 1 aliphatic carbocycles. The third kappa shape index (κ3) is 2.87. The van der Waals surface area contributed by atoms with Gasteiger partial charge in [0.2, 0.25) is 0 Å². The predicted octanol–water partition coefficient (Wildman–Crippen LogP) is 2.72. The third-order valence-corrected chi connectivity index (χ3v) is 3.97. The summed E-state index contributed by atoms with van der Waals surface area (Å²) in [7, 11) is 0. The standard InChI is InChI=1S/C16H21N3/c1-13(17-9-11-19-10-3-8-18-19)15-7-6-14-4-2-5-16(14)12-15/h3,6-8,10,12-13,17H,2,4-5,9,11H2,1H3. The first-order valence-corrected chi connectivity index (χ1v) is 7.15. The molecule has 0 spiro atoms. The Balaban J connectivity index is 1.56. The quantitative estimate of drug-likeness (QED) is 0.890. The normalized spacial score (nSPS) is 15.4. The van der Waals surface area contributed by atoms with E-state index in [2.05, 4.69) is 35.5 Å². The number of fused-ring (bicyclic) bond motifs is 1. The van der Waals surface area contributed by atoms with Crippen LogP contribution in [0.5, 0.6) is 0 Å². The Kier molecular flexibility index (Phi) is 3.65. The zero-order valence-electron chi connectivity index (χ0n) is 11.5. The Labute approximate surface area is 114 Å². The fraction of sp³-hybridized carbons (Fsp3) is 0.438. The van der Waals surface area contributed by atoms with E-state index in [9.17, 15) is 0 Å². The Hall–Kier alpha value is -1.61. The number of aromatic nitrogens is 2. The van der Waals surface area contributed by atoms with Gasteiger partial charge < -0.3 is 5.32 Å². The predicted molar refractivity (Wildman–Crippen MR) is 77.1 cm³/mol. The number of rotatable bonds is 5. The number of benzene rings is 1. The first-order valence-electron chi connectivity index (χ1n) is 7.15. The minimum Gasteiger partial charge on any atom is -0.308 e. The molecule has 19 heavy (non-hydrogen) atoms. The van der Waals surface area contributed by atoms with Crippen LogP contribution in [0.15, 0.2) is 36.7 Å². The van der Waals surface area contributed by atoms with Crippen LogP contribution in [0.25, 0.3) is 0 Å². The van der Waals surface area contributed by atoms with Gasteiger partial charge in [-0.2, -0.15) is 5.10 Å². The molecule has 1 N–H and O–H groups in total. The molecule has 1 aromatic heterocycles. The van der Waals surface area contributed by atoms with Crippen molar-refractivity contribution < 1.29 is 0 Å². The molecule has 0 radical (unpaired) electrons. The van der Waals surface area contributed by atoms with Crippen LogP contribution in [-0.4, -0.2) is 16.3 Å². The zero-order valence-corrected chi connectivity index (χ0v) is 11.5. The fourth-order valence-corrected chi connectivity index (χ4v) is 2.81. The maximum Gasteiger partial charge on any atom is 0.0534 e. The van der Waals surface area contributed by atoms with Gasteiger partial charge in [0.15, 0.2) is 0 Å². The molecule has 1 atom stereocenters. The second-order valence-electron chi connectivity index (χ2n) is 5.33. The summed E-state index contributed by atoms with van der Waals surface area (Å²) in [5.41, 5.74) is 4.51. The first kappa shape index (κ1) is 12.4. The monoisotopic (exact) mass is 255 g/mol. The van der Waals surface area contributed by atoms with Crippen molar-refractivity contribution in [1.82, 2.24) is 15.1 Å². The molecule has 1 aromatic carbocycles. The van der Waals surface area contributed by atoms with E-state index in [0.29, 0.717) is 6.04 Å². The molecule has 0 saturated heterocycles. The van der Waals surface area contributed by atoms with Crippen molar-refractivity contribution >= 4 is 0 Å². The average Bonchev–Trinajstić information content (AvgIpc) is 3.08. The van der Waals surface area contributed by atoms with Gasteiger partial charge in [-0.05, 0) is 48.9 Å². The van der Waals surface area contributed by atoms with Crippen molar-refractivity contribution in [2.45, 2.75) is 38.8 Å². The van der Waals surface area contributed by atoms with Crippen molar-refractivity contribution in [3.63, 3.8) is 0 Å². The molecule has 0 amide bonds. The van der Waals surface area contributed by atoms with E-state index in [1.54, 1.807) is 11.1 Å². The van der Waals surface area contributed by atoms with E-state index >= 15 is 0 Å². The molecule has 0 aliphatic heterocycles. The lowest BCUT2D eigenvalue weighted by Crippen LogP contribution is -2.23. The molecule has 3 nitrogen and oxygen atoms in total. The Morgan fingerprint density at radius 1 is 1.32 bits per heavy atom. The second kappa shape index (κ2) is 5.57. The van der Waals surface area contributed by atoms with Crippen LogP contribution in [0.4, 0.5) is 0 Å². The summed E-state index contributed by atoms with van der Waals surface area (Å²) in [6.45, 7) is 4.10. The maximum atomic E-state index is 4.21. The molecule has 3 heteroatoms. The molecule has 0 fully saturated rings. The van der Waals surface area contributed by atoms with Crippen LogP contribution < -0.4 is 5.32 Å². The average molecular weight is 255 g/mol. The summed E-state index contributed by atoms with van der Waals surface area (Å²) in [5, 5.41) is 7.78. The van der Waals surface area contributed by atoms with Crippen LogP contribution in [-0.2, 0) is 19.4 Å². The smallest absolute Gasteiger partial charge is 0.0534 e. The minimum absolute atomic E-state index is 0.404. The van der Waals surface area contributed by atoms with Crippen LogP contribution >= 0.6 is 0 Å². The number of aryl methyl sites for hydroxylation is 2. The SMILES string of the molecule is CC(NCCn1cccn1)c1ccc2c(c1)CCC2. The van der Waals surface area contributed by atoms with E-state index in [1.165, 1.54) is 24.8 Å². The van der Waals surface area contributed by atoms with E-state index < -0.39 is 0 Å². The van der Waals surface area contributed by atoms with Gasteiger partial charge in [-0.3, -0.25) is 4.68 Å². The number of hydrogen-bond donors (Lipinski definition) is 1. The Morgan fingerprint density at radius 2 is 2.21 bits per heavy atom. The lowest BCUT2D eigenvalue weighted by Gasteiger charge is -2.15. The Bertz CT molecular complexity index is 531. The molecule has 100 valence electrons.